The Morgan fingerprint density at radius 1 is 0.750 bits per heavy atom. The molecule has 0 aromatic heterocycles. The molecule has 2 nitrogen and oxygen atoms in total. The largest absolute Gasteiger partial charge is 3.00 e. The molecular formula is IrO2U-. The standard InChI is InChI=1S/Ir.2O.U/q+3;2*-2;. The van der Waals surface area contributed by atoms with Crippen molar-refractivity contribution in [2.75, 3.05) is 0 Å². The number of hydrogen-bond donors (Lipinski definition) is 0. The Balaban J connectivity index is 0. The van der Waals surface area contributed by atoms with Crippen LogP contribution in [0.3, 0.4) is 0 Å². The minimum absolute atomic E-state index is 0. The molecule has 0 heterocycles. The van der Waals surface area contributed by atoms with E-state index in [-0.39, 0.29) is 62.2 Å². The third kappa shape index (κ3) is 9.47. The normalized spacial score (nSPS) is 0. The van der Waals surface area contributed by atoms with Crippen molar-refractivity contribution in [3.05, 3.63) is 0 Å². The summed E-state index contributed by atoms with van der Waals surface area (Å²) >= 11 is 0. The summed E-state index contributed by atoms with van der Waals surface area (Å²) < 4.78 is 0. The quantitative estimate of drug-likeness (QED) is 0.478. The average molecular weight is 462 g/mol. The average Bonchev–Trinajstić information content (AvgIpc) is 0. The van der Waals surface area contributed by atoms with Gasteiger partial charge in [-0.1, -0.05) is 0 Å². The first-order chi connectivity index (χ1) is 0. The van der Waals surface area contributed by atoms with Crippen LogP contribution in [0, 0.1) is 31.1 Å². The van der Waals surface area contributed by atoms with E-state index in [2.05, 4.69) is 0 Å². The molecule has 0 unspecified atom stereocenters. The Labute approximate surface area is 61.7 Å². The van der Waals surface area contributed by atoms with Crippen LogP contribution in [0.5, 0.6) is 0 Å². The molecule has 0 radical (unpaired) electrons. The maximum absolute atomic E-state index is 0. The van der Waals surface area contributed by atoms with Crippen LogP contribution in [-0.2, 0) is 31.1 Å². The molecule has 0 N–H and O–H groups in total. The van der Waals surface area contributed by atoms with Gasteiger partial charge in [0.2, 0.25) is 0 Å². The summed E-state index contributed by atoms with van der Waals surface area (Å²) in [5.41, 5.74) is 0. The van der Waals surface area contributed by atoms with Gasteiger partial charge >= 0.3 is 20.1 Å². The van der Waals surface area contributed by atoms with Crippen molar-refractivity contribution in [2.45, 2.75) is 0 Å². The van der Waals surface area contributed by atoms with Gasteiger partial charge in [-0.15, -0.1) is 0 Å². The molecule has 0 aliphatic rings. The summed E-state index contributed by atoms with van der Waals surface area (Å²) in [4.78, 5) is 0. The van der Waals surface area contributed by atoms with Crippen molar-refractivity contribution in [3.8, 4) is 0 Å². The van der Waals surface area contributed by atoms with E-state index in [1.165, 1.54) is 0 Å². The second kappa shape index (κ2) is 23.1. The Kier molecular flexibility index (Phi) is 263. The van der Waals surface area contributed by atoms with Crippen molar-refractivity contribution >= 4 is 0 Å². The summed E-state index contributed by atoms with van der Waals surface area (Å²) in [5, 5.41) is 0. The zero-order valence-electron chi connectivity index (χ0n) is 1.65. The van der Waals surface area contributed by atoms with Crippen LogP contribution >= 0.6 is 0 Å². The van der Waals surface area contributed by atoms with Crippen LogP contribution in [0.4, 0.5) is 0 Å². The third-order valence-corrected chi connectivity index (χ3v) is 0. The molecule has 0 spiro atoms. The van der Waals surface area contributed by atoms with E-state index in [0.29, 0.717) is 0 Å². The molecule has 0 aromatic carbocycles. The second-order valence-corrected chi connectivity index (χ2v) is 0. The smallest absolute Gasteiger partial charge is 2.00 e. The predicted molar refractivity (Wildman–Crippen MR) is 1.37 cm³/mol. The summed E-state index contributed by atoms with van der Waals surface area (Å²) in [6.07, 6.45) is 0. The molecule has 4 heavy (non-hydrogen) atoms. The fourth-order valence-corrected chi connectivity index (χ4v) is 0. The first-order valence-electron chi connectivity index (χ1n) is 0. The van der Waals surface area contributed by atoms with E-state index in [4.69, 9.17) is 0 Å². The molecule has 0 aromatic rings. The Morgan fingerprint density at radius 3 is 0.750 bits per heavy atom. The molecule has 0 saturated carbocycles. The van der Waals surface area contributed by atoms with Gasteiger partial charge in [-0.2, -0.15) is 0 Å². The van der Waals surface area contributed by atoms with Gasteiger partial charge in [-0.05, 0) is 0 Å². The number of rotatable bonds is 0. The third-order valence-electron chi connectivity index (χ3n) is 0. The van der Waals surface area contributed by atoms with Crippen molar-refractivity contribution < 1.29 is 62.2 Å². The Morgan fingerprint density at radius 2 is 0.750 bits per heavy atom. The topological polar surface area (TPSA) is 57.0 Å². The fourth-order valence-electron chi connectivity index (χ4n) is 0. The van der Waals surface area contributed by atoms with Gasteiger partial charge in [-0.3, -0.25) is 0 Å². The summed E-state index contributed by atoms with van der Waals surface area (Å²) in [6, 6.07) is 0. The predicted octanol–water partition coefficient (Wildman–Crippen LogP) is -0.240. The molecule has 0 bridgehead atoms. The Bertz CT molecular complexity index is 6.00. The molecule has 0 aliphatic heterocycles. The van der Waals surface area contributed by atoms with Gasteiger partial charge in [0.15, 0.2) is 0 Å². The Hall–Kier alpha value is 1.62. The molecule has 4 heteroatoms. The molecule has 26 valence electrons. The van der Waals surface area contributed by atoms with Crippen LogP contribution in [0.2, 0.25) is 0 Å². The molecule has 0 rings (SSSR count). The second-order valence-electron chi connectivity index (χ2n) is 0. The van der Waals surface area contributed by atoms with Gasteiger partial charge in [0.25, 0.3) is 0 Å². The van der Waals surface area contributed by atoms with Crippen LogP contribution in [0.15, 0.2) is 0 Å². The van der Waals surface area contributed by atoms with Crippen LogP contribution in [-0.4, -0.2) is 0 Å². The van der Waals surface area contributed by atoms with Gasteiger partial charge in [-0.25, -0.2) is 0 Å². The molecule has 0 atom stereocenters. The molecule has 0 aliphatic carbocycles. The van der Waals surface area contributed by atoms with Crippen molar-refractivity contribution in [1.82, 2.24) is 0 Å². The fraction of sp³-hybridized carbons (Fsp3) is 0. The number of hydrogen-bond acceptors (Lipinski definition) is 0. The zero-order valence-corrected chi connectivity index (χ0v) is 8.21. The van der Waals surface area contributed by atoms with Crippen LogP contribution < -0.4 is 0 Å². The van der Waals surface area contributed by atoms with Crippen molar-refractivity contribution in [2.24, 2.45) is 0 Å². The van der Waals surface area contributed by atoms with E-state index >= 15 is 0 Å². The van der Waals surface area contributed by atoms with Gasteiger partial charge in [0.05, 0.1) is 0 Å². The van der Waals surface area contributed by atoms with Crippen LogP contribution in [0.25, 0.3) is 0 Å². The van der Waals surface area contributed by atoms with E-state index in [1.54, 1.807) is 0 Å². The summed E-state index contributed by atoms with van der Waals surface area (Å²) in [5.74, 6) is 0. The first kappa shape index (κ1) is 45.7. The van der Waals surface area contributed by atoms with E-state index < -0.39 is 0 Å². The van der Waals surface area contributed by atoms with Crippen molar-refractivity contribution in [3.63, 3.8) is 0 Å². The minimum atomic E-state index is 0. The van der Waals surface area contributed by atoms with E-state index in [0.717, 1.165) is 0 Å². The maximum atomic E-state index is 0. The van der Waals surface area contributed by atoms with Gasteiger partial charge < -0.3 is 11.0 Å². The zero-order chi connectivity index (χ0) is 0. The van der Waals surface area contributed by atoms with Gasteiger partial charge in [0.1, 0.15) is 0 Å². The monoisotopic (exact) mass is 463 g/mol. The minimum Gasteiger partial charge on any atom is -2.00 e. The molecule has 0 saturated heterocycles. The van der Waals surface area contributed by atoms with E-state index in [1.807, 2.05) is 0 Å². The summed E-state index contributed by atoms with van der Waals surface area (Å²) in [7, 11) is 0. The molecule has 0 fully saturated rings. The summed E-state index contributed by atoms with van der Waals surface area (Å²) in [6.45, 7) is 0. The SMILES string of the molecule is [Ir+3].[O-2].[O-2].[U]. The molecular weight excluding hydrogens is 462 g/mol. The van der Waals surface area contributed by atoms with Crippen molar-refractivity contribution in [1.29, 1.82) is 0 Å². The first-order valence-corrected chi connectivity index (χ1v) is 0. The van der Waals surface area contributed by atoms with Crippen LogP contribution in [0.1, 0.15) is 0 Å². The maximum Gasteiger partial charge on any atom is 3.00 e. The molecule has 0 amide bonds. The van der Waals surface area contributed by atoms with E-state index in [9.17, 15) is 0 Å². The van der Waals surface area contributed by atoms with Gasteiger partial charge in [0, 0.05) is 31.1 Å².